The number of nitrogens with one attached hydrogen (secondary N) is 1. The first-order valence-electron chi connectivity index (χ1n) is 9.73. The van der Waals surface area contributed by atoms with Crippen LogP contribution >= 0.6 is 0 Å². The number of para-hydroxylation sites is 1. The topological polar surface area (TPSA) is 56.8 Å². The van der Waals surface area contributed by atoms with Crippen molar-refractivity contribution in [1.29, 1.82) is 0 Å². The smallest absolute Gasteiger partial charge is 0.244 e. The van der Waals surface area contributed by atoms with Crippen LogP contribution in [0.15, 0.2) is 84.9 Å². The lowest BCUT2D eigenvalue weighted by molar-refractivity contribution is -0.116. The van der Waals surface area contributed by atoms with E-state index in [1.807, 2.05) is 78.9 Å². The molecule has 0 unspecified atom stereocenters. The van der Waals surface area contributed by atoms with E-state index in [9.17, 15) is 4.79 Å². The second kappa shape index (κ2) is 11.3. The lowest BCUT2D eigenvalue weighted by Gasteiger charge is -2.11. The Bertz CT molecular complexity index is 955. The van der Waals surface area contributed by atoms with E-state index < -0.39 is 0 Å². The minimum Gasteiger partial charge on any atom is -0.493 e. The average molecular weight is 403 g/mol. The molecule has 5 nitrogen and oxygen atoms in total. The van der Waals surface area contributed by atoms with Crippen LogP contribution in [0.4, 0.5) is 0 Å². The Morgan fingerprint density at radius 1 is 0.900 bits per heavy atom. The molecule has 3 rings (SSSR count). The summed E-state index contributed by atoms with van der Waals surface area (Å²) in [6.07, 6.45) is 3.22. The second-order valence-corrected chi connectivity index (χ2v) is 6.47. The number of hydrogen-bond acceptors (Lipinski definition) is 4. The van der Waals surface area contributed by atoms with Gasteiger partial charge in [0.2, 0.25) is 5.91 Å². The van der Waals surface area contributed by atoms with Crippen molar-refractivity contribution >= 4 is 12.0 Å². The molecule has 0 aliphatic rings. The summed E-state index contributed by atoms with van der Waals surface area (Å²) in [6.45, 7) is 1.29. The molecular formula is C25H25NO4. The Morgan fingerprint density at radius 2 is 1.63 bits per heavy atom. The SMILES string of the molecule is COc1cc(/C=C/C(=O)NCCOc2ccccc2)ccc1OCc1ccccc1. The fraction of sp³-hybridized carbons (Fsp3) is 0.160. The van der Waals surface area contributed by atoms with Crippen molar-refractivity contribution in [2.45, 2.75) is 6.61 Å². The number of amides is 1. The van der Waals surface area contributed by atoms with Gasteiger partial charge in [-0.3, -0.25) is 4.79 Å². The van der Waals surface area contributed by atoms with Crippen molar-refractivity contribution in [2.24, 2.45) is 0 Å². The summed E-state index contributed by atoms with van der Waals surface area (Å²) >= 11 is 0. The summed E-state index contributed by atoms with van der Waals surface area (Å²) in [5, 5.41) is 2.79. The van der Waals surface area contributed by atoms with Crippen molar-refractivity contribution in [2.75, 3.05) is 20.3 Å². The van der Waals surface area contributed by atoms with Gasteiger partial charge in [0.25, 0.3) is 0 Å². The molecule has 0 aliphatic heterocycles. The number of carbonyl (C=O) groups excluding carboxylic acids is 1. The van der Waals surface area contributed by atoms with Crippen LogP contribution in [0.2, 0.25) is 0 Å². The Kier molecular flexibility index (Phi) is 7.92. The molecule has 0 spiro atoms. The van der Waals surface area contributed by atoms with Crippen LogP contribution in [-0.2, 0) is 11.4 Å². The standard InChI is InChI=1S/C25H25NO4/c1-28-24-18-20(12-14-23(24)30-19-21-8-4-2-5-9-21)13-15-25(27)26-16-17-29-22-10-6-3-7-11-22/h2-15,18H,16-17,19H2,1H3,(H,26,27)/b15-13+. The molecule has 0 fully saturated rings. The van der Waals surface area contributed by atoms with Gasteiger partial charge in [0.15, 0.2) is 11.5 Å². The number of hydrogen-bond donors (Lipinski definition) is 1. The number of methoxy groups -OCH3 is 1. The largest absolute Gasteiger partial charge is 0.493 e. The number of benzene rings is 3. The molecule has 30 heavy (non-hydrogen) atoms. The number of carbonyl (C=O) groups is 1. The average Bonchev–Trinajstić information content (AvgIpc) is 2.80. The number of ether oxygens (including phenoxy) is 3. The summed E-state index contributed by atoms with van der Waals surface area (Å²) in [4.78, 5) is 12.0. The van der Waals surface area contributed by atoms with E-state index in [2.05, 4.69) is 5.32 Å². The molecule has 0 saturated carbocycles. The molecule has 0 radical (unpaired) electrons. The van der Waals surface area contributed by atoms with Gasteiger partial charge in [-0.15, -0.1) is 0 Å². The second-order valence-electron chi connectivity index (χ2n) is 6.47. The van der Waals surface area contributed by atoms with Gasteiger partial charge >= 0.3 is 0 Å². The molecule has 3 aromatic carbocycles. The highest BCUT2D eigenvalue weighted by molar-refractivity contribution is 5.91. The van der Waals surface area contributed by atoms with Crippen LogP contribution in [0.25, 0.3) is 6.08 Å². The summed E-state index contributed by atoms with van der Waals surface area (Å²) in [7, 11) is 1.59. The fourth-order valence-corrected chi connectivity index (χ4v) is 2.73. The highest BCUT2D eigenvalue weighted by Gasteiger charge is 2.06. The maximum Gasteiger partial charge on any atom is 0.244 e. The van der Waals surface area contributed by atoms with Crippen LogP contribution in [0.1, 0.15) is 11.1 Å². The van der Waals surface area contributed by atoms with E-state index in [1.165, 1.54) is 6.08 Å². The van der Waals surface area contributed by atoms with Gasteiger partial charge < -0.3 is 19.5 Å². The van der Waals surface area contributed by atoms with E-state index in [0.717, 1.165) is 16.9 Å². The zero-order valence-electron chi connectivity index (χ0n) is 16.9. The Balaban J connectivity index is 1.47. The first-order valence-corrected chi connectivity index (χ1v) is 9.73. The van der Waals surface area contributed by atoms with Gasteiger partial charge in [0.05, 0.1) is 13.7 Å². The molecule has 3 aromatic rings. The fourth-order valence-electron chi connectivity index (χ4n) is 2.73. The van der Waals surface area contributed by atoms with Gasteiger partial charge in [-0.2, -0.15) is 0 Å². The van der Waals surface area contributed by atoms with E-state index in [0.29, 0.717) is 31.3 Å². The monoisotopic (exact) mass is 403 g/mol. The first kappa shape index (κ1) is 21.0. The third-order valence-corrected chi connectivity index (χ3v) is 4.27. The van der Waals surface area contributed by atoms with Crippen LogP contribution in [0.5, 0.6) is 17.2 Å². The number of rotatable bonds is 10. The van der Waals surface area contributed by atoms with Crippen molar-refractivity contribution in [3.8, 4) is 17.2 Å². The van der Waals surface area contributed by atoms with Gasteiger partial charge in [0, 0.05) is 6.08 Å². The zero-order chi connectivity index (χ0) is 21.0. The summed E-state index contributed by atoms with van der Waals surface area (Å²) < 4.78 is 16.8. The van der Waals surface area contributed by atoms with Gasteiger partial charge in [-0.25, -0.2) is 0 Å². The van der Waals surface area contributed by atoms with Crippen LogP contribution in [0.3, 0.4) is 0 Å². The van der Waals surface area contributed by atoms with E-state index >= 15 is 0 Å². The van der Waals surface area contributed by atoms with Crippen LogP contribution < -0.4 is 19.5 Å². The highest BCUT2D eigenvalue weighted by atomic mass is 16.5. The highest BCUT2D eigenvalue weighted by Crippen LogP contribution is 2.29. The van der Waals surface area contributed by atoms with Gasteiger partial charge in [-0.05, 0) is 41.5 Å². The van der Waals surface area contributed by atoms with E-state index in [4.69, 9.17) is 14.2 Å². The van der Waals surface area contributed by atoms with Crippen molar-refractivity contribution in [1.82, 2.24) is 5.32 Å². The quantitative estimate of drug-likeness (QED) is 0.401. The molecule has 0 heterocycles. The van der Waals surface area contributed by atoms with E-state index in [-0.39, 0.29) is 5.91 Å². The van der Waals surface area contributed by atoms with Crippen molar-refractivity contribution < 1.29 is 19.0 Å². The van der Waals surface area contributed by atoms with Crippen molar-refractivity contribution in [3.05, 3.63) is 96.1 Å². The maximum atomic E-state index is 12.0. The molecule has 0 aromatic heterocycles. The van der Waals surface area contributed by atoms with Crippen molar-refractivity contribution in [3.63, 3.8) is 0 Å². The third kappa shape index (κ3) is 6.71. The summed E-state index contributed by atoms with van der Waals surface area (Å²) in [5.74, 6) is 1.87. The zero-order valence-corrected chi connectivity index (χ0v) is 16.9. The summed E-state index contributed by atoms with van der Waals surface area (Å²) in [6, 6.07) is 25.0. The Morgan fingerprint density at radius 3 is 2.37 bits per heavy atom. The Hall–Kier alpha value is -3.73. The minimum atomic E-state index is -0.185. The minimum absolute atomic E-state index is 0.185. The lowest BCUT2D eigenvalue weighted by atomic mass is 10.2. The van der Waals surface area contributed by atoms with Gasteiger partial charge in [-0.1, -0.05) is 54.6 Å². The molecule has 5 heteroatoms. The molecule has 1 N–H and O–H groups in total. The molecule has 0 saturated heterocycles. The third-order valence-electron chi connectivity index (χ3n) is 4.27. The van der Waals surface area contributed by atoms with E-state index in [1.54, 1.807) is 13.2 Å². The normalized spacial score (nSPS) is 10.6. The van der Waals surface area contributed by atoms with Gasteiger partial charge in [0.1, 0.15) is 19.0 Å². The molecule has 0 atom stereocenters. The predicted molar refractivity (Wildman–Crippen MR) is 118 cm³/mol. The molecule has 0 bridgehead atoms. The first-order chi connectivity index (χ1) is 14.7. The maximum absolute atomic E-state index is 12.0. The molecule has 154 valence electrons. The molecule has 1 amide bonds. The van der Waals surface area contributed by atoms with Crippen LogP contribution in [0, 0.1) is 0 Å². The predicted octanol–water partition coefficient (Wildman–Crippen LogP) is 4.48. The molecular weight excluding hydrogens is 378 g/mol. The Labute approximate surface area is 176 Å². The molecule has 0 aliphatic carbocycles. The lowest BCUT2D eigenvalue weighted by Crippen LogP contribution is -2.26. The van der Waals surface area contributed by atoms with Crippen LogP contribution in [-0.4, -0.2) is 26.2 Å². The summed E-state index contributed by atoms with van der Waals surface area (Å²) in [5.41, 5.74) is 1.92.